The van der Waals surface area contributed by atoms with Gasteiger partial charge < -0.3 is 15.2 Å². The highest BCUT2D eigenvalue weighted by Gasteiger charge is 2.09. The minimum Gasteiger partial charge on any atom is -0.504 e. The average Bonchev–Trinajstić information content (AvgIpc) is 2.39. The van der Waals surface area contributed by atoms with Gasteiger partial charge in [-0.25, -0.2) is 5.43 Å². The van der Waals surface area contributed by atoms with E-state index >= 15 is 0 Å². The molecule has 114 valence electrons. The molecule has 7 heteroatoms. The summed E-state index contributed by atoms with van der Waals surface area (Å²) in [6, 6.07) is 4.62. The zero-order chi connectivity index (χ0) is 15.8. The maximum absolute atomic E-state index is 11.5. The van der Waals surface area contributed by atoms with Crippen molar-refractivity contribution in [1.82, 2.24) is 10.7 Å². The second kappa shape index (κ2) is 7.88. The summed E-state index contributed by atoms with van der Waals surface area (Å²) in [7, 11) is 1.44. The number of carbonyl (C=O) groups is 2. The lowest BCUT2D eigenvalue weighted by Crippen LogP contribution is -2.34. The molecule has 0 heterocycles. The van der Waals surface area contributed by atoms with E-state index in [9.17, 15) is 14.7 Å². The predicted molar refractivity (Wildman–Crippen MR) is 78.3 cm³/mol. The molecule has 0 aliphatic carbocycles. The van der Waals surface area contributed by atoms with Gasteiger partial charge in [-0.3, -0.25) is 9.59 Å². The summed E-state index contributed by atoms with van der Waals surface area (Å²) < 4.78 is 4.95. The first kappa shape index (κ1) is 16.5. The van der Waals surface area contributed by atoms with Gasteiger partial charge in [0, 0.05) is 6.04 Å². The highest BCUT2D eigenvalue weighted by Crippen LogP contribution is 2.25. The monoisotopic (exact) mass is 293 g/mol. The van der Waals surface area contributed by atoms with Crippen LogP contribution in [0.3, 0.4) is 0 Å². The highest BCUT2D eigenvalue weighted by atomic mass is 16.5. The van der Waals surface area contributed by atoms with E-state index in [1.807, 2.05) is 13.8 Å². The van der Waals surface area contributed by atoms with E-state index in [-0.39, 0.29) is 24.1 Å². The molecule has 0 aliphatic rings. The zero-order valence-electron chi connectivity index (χ0n) is 12.2. The minimum atomic E-state index is -0.504. The topological polar surface area (TPSA) is 100 Å². The van der Waals surface area contributed by atoms with Crippen molar-refractivity contribution < 1.29 is 19.4 Å². The Kier molecular flexibility index (Phi) is 6.19. The zero-order valence-corrected chi connectivity index (χ0v) is 12.2. The lowest BCUT2D eigenvalue weighted by atomic mass is 10.2. The van der Waals surface area contributed by atoms with Crippen molar-refractivity contribution in [3.63, 3.8) is 0 Å². The first-order valence-electron chi connectivity index (χ1n) is 6.40. The van der Waals surface area contributed by atoms with Gasteiger partial charge in [-0.2, -0.15) is 5.10 Å². The lowest BCUT2D eigenvalue weighted by molar-refractivity contribution is -0.129. The fourth-order valence-electron chi connectivity index (χ4n) is 1.51. The van der Waals surface area contributed by atoms with Crippen LogP contribution in [0.5, 0.6) is 11.5 Å². The van der Waals surface area contributed by atoms with Gasteiger partial charge in [0.1, 0.15) is 6.42 Å². The number of nitrogens with one attached hydrogen (secondary N) is 2. The van der Waals surface area contributed by atoms with Crippen molar-refractivity contribution in [3.05, 3.63) is 23.8 Å². The Morgan fingerprint density at radius 3 is 2.71 bits per heavy atom. The third-order valence-corrected chi connectivity index (χ3v) is 2.38. The predicted octanol–water partition coefficient (Wildman–Crippen LogP) is 0.766. The second-order valence-corrected chi connectivity index (χ2v) is 4.62. The maximum Gasteiger partial charge on any atom is 0.249 e. The number of methoxy groups -OCH3 is 1. The second-order valence-electron chi connectivity index (χ2n) is 4.62. The van der Waals surface area contributed by atoms with E-state index in [0.717, 1.165) is 0 Å². The Labute approximate surface area is 123 Å². The molecule has 0 atom stereocenters. The van der Waals surface area contributed by atoms with Crippen LogP contribution in [0.25, 0.3) is 0 Å². The van der Waals surface area contributed by atoms with E-state index in [2.05, 4.69) is 15.8 Å². The number of hydrogen-bond donors (Lipinski definition) is 3. The van der Waals surface area contributed by atoms with Crippen LogP contribution in [0.15, 0.2) is 23.3 Å². The molecule has 21 heavy (non-hydrogen) atoms. The summed E-state index contributed by atoms with van der Waals surface area (Å²) in [6.45, 7) is 3.62. The van der Waals surface area contributed by atoms with E-state index in [0.29, 0.717) is 11.3 Å². The molecule has 3 N–H and O–H groups in total. The number of aromatic hydroxyl groups is 1. The Bertz CT molecular complexity index is 541. The minimum absolute atomic E-state index is 0.0155. The molecule has 0 spiro atoms. The largest absolute Gasteiger partial charge is 0.504 e. The van der Waals surface area contributed by atoms with Gasteiger partial charge in [-0.1, -0.05) is 0 Å². The first-order chi connectivity index (χ1) is 9.92. The van der Waals surface area contributed by atoms with Crippen LogP contribution in [0.2, 0.25) is 0 Å². The van der Waals surface area contributed by atoms with Crippen LogP contribution >= 0.6 is 0 Å². The molecule has 1 aromatic rings. The molecule has 0 radical (unpaired) electrons. The van der Waals surface area contributed by atoms with E-state index < -0.39 is 5.91 Å². The SMILES string of the molecule is COc1cc(/C=N\NC(=O)CC(=O)NC(C)C)ccc1O. The van der Waals surface area contributed by atoms with Crippen molar-refractivity contribution >= 4 is 18.0 Å². The number of phenols is 1. The molecule has 0 aromatic heterocycles. The van der Waals surface area contributed by atoms with Gasteiger partial charge in [-0.05, 0) is 37.6 Å². The first-order valence-corrected chi connectivity index (χ1v) is 6.40. The van der Waals surface area contributed by atoms with Gasteiger partial charge >= 0.3 is 0 Å². The van der Waals surface area contributed by atoms with Crippen molar-refractivity contribution in [3.8, 4) is 11.5 Å². The van der Waals surface area contributed by atoms with Crippen molar-refractivity contribution in [2.24, 2.45) is 5.10 Å². The standard InChI is InChI=1S/C14H19N3O4/c1-9(2)16-13(19)7-14(20)17-15-8-10-4-5-11(18)12(6-10)21-3/h4-6,8-9,18H,7H2,1-3H3,(H,16,19)(H,17,20)/b15-8-. The third-order valence-electron chi connectivity index (χ3n) is 2.38. The number of amides is 2. The number of hydrogen-bond acceptors (Lipinski definition) is 5. The number of nitrogens with zero attached hydrogens (tertiary/aromatic N) is 1. The summed E-state index contributed by atoms with van der Waals surface area (Å²) in [5, 5.41) is 15.8. The quantitative estimate of drug-likeness (QED) is 0.409. The molecule has 0 unspecified atom stereocenters. The number of hydrazone groups is 1. The summed E-state index contributed by atoms with van der Waals surface area (Å²) in [4.78, 5) is 22.8. The van der Waals surface area contributed by atoms with Crippen LogP contribution < -0.4 is 15.5 Å². The fraction of sp³-hybridized carbons (Fsp3) is 0.357. The number of rotatable bonds is 6. The van der Waals surface area contributed by atoms with Crippen molar-refractivity contribution in [2.45, 2.75) is 26.3 Å². The average molecular weight is 293 g/mol. The molecule has 0 saturated heterocycles. The number of phenolic OH excluding ortho intramolecular Hbond substituents is 1. The van der Waals surface area contributed by atoms with Gasteiger partial charge in [0.15, 0.2) is 11.5 Å². The van der Waals surface area contributed by atoms with E-state index in [1.54, 1.807) is 12.1 Å². The molecule has 0 aliphatic heterocycles. The molecular weight excluding hydrogens is 274 g/mol. The fourth-order valence-corrected chi connectivity index (χ4v) is 1.51. The summed E-state index contributed by atoms with van der Waals surface area (Å²) in [5.41, 5.74) is 2.89. The molecule has 1 aromatic carbocycles. The van der Waals surface area contributed by atoms with Crippen LogP contribution in [-0.4, -0.2) is 36.3 Å². The van der Waals surface area contributed by atoms with Crippen LogP contribution in [0.4, 0.5) is 0 Å². The summed E-state index contributed by atoms with van der Waals surface area (Å²) in [6.07, 6.45) is 1.11. The van der Waals surface area contributed by atoms with Crippen LogP contribution in [0, 0.1) is 0 Å². The lowest BCUT2D eigenvalue weighted by Gasteiger charge is -2.07. The van der Waals surface area contributed by atoms with Gasteiger partial charge in [0.25, 0.3) is 0 Å². The van der Waals surface area contributed by atoms with E-state index in [1.165, 1.54) is 19.4 Å². The summed E-state index contributed by atoms with van der Waals surface area (Å²) >= 11 is 0. The molecule has 0 bridgehead atoms. The Balaban J connectivity index is 2.51. The van der Waals surface area contributed by atoms with Crippen molar-refractivity contribution in [1.29, 1.82) is 0 Å². The van der Waals surface area contributed by atoms with Crippen LogP contribution in [0.1, 0.15) is 25.8 Å². The Morgan fingerprint density at radius 1 is 1.38 bits per heavy atom. The van der Waals surface area contributed by atoms with Gasteiger partial charge in [0.2, 0.25) is 11.8 Å². The van der Waals surface area contributed by atoms with Gasteiger partial charge in [-0.15, -0.1) is 0 Å². The smallest absolute Gasteiger partial charge is 0.249 e. The Morgan fingerprint density at radius 2 is 2.10 bits per heavy atom. The number of benzene rings is 1. The Hall–Kier alpha value is -2.57. The summed E-state index contributed by atoms with van der Waals surface area (Å²) in [5.74, 6) is -0.537. The highest BCUT2D eigenvalue weighted by molar-refractivity contribution is 5.97. The van der Waals surface area contributed by atoms with E-state index in [4.69, 9.17) is 4.74 Å². The normalized spacial score (nSPS) is 10.7. The maximum atomic E-state index is 11.5. The number of ether oxygens (including phenoxy) is 1. The third kappa shape index (κ3) is 5.94. The molecule has 0 fully saturated rings. The molecule has 2 amide bonds. The molecule has 7 nitrogen and oxygen atoms in total. The molecule has 1 rings (SSSR count). The van der Waals surface area contributed by atoms with Crippen molar-refractivity contribution in [2.75, 3.05) is 7.11 Å². The van der Waals surface area contributed by atoms with Crippen LogP contribution in [-0.2, 0) is 9.59 Å². The molecule has 0 saturated carbocycles. The number of carbonyl (C=O) groups excluding carboxylic acids is 2. The van der Waals surface area contributed by atoms with Gasteiger partial charge in [0.05, 0.1) is 13.3 Å². The molecular formula is C14H19N3O4.